The average Bonchev–Trinajstić information content (AvgIpc) is 2.47. The summed E-state index contributed by atoms with van der Waals surface area (Å²) < 4.78 is 5.63. The van der Waals surface area contributed by atoms with E-state index in [1.807, 2.05) is 12.1 Å². The summed E-state index contributed by atoms with van der Waals surface area (Å²) in [6.45, 7) is 6.62. The van der Waals surface area contributed by atoms with Crippen molar-refractivity contribution in [1.82, 2.24) is 5.32 Å². The number of hydrogen-bond acceptors (Lipinski definition) is 2. The van der Waals surface area contributed by atoms with Gasteiger partial charge in [-0.05, 0) is 37.0 Å². The van der Waals surface area contributed by atoms with Crippen molar-refractivity contribution in [1.29, 1.82) is 0 Å². The Balaban J connectivity index is 0.00000400. The van der Waals surface area contributed by atoms with Gasteiger partial charge in [-0.2, -0.15) is 0 Å². The number of guanidine groups is 1. The van der Waals surface area contributed by atoms with Gasteiger partial charge in [0.1, 0.15) is 5.75 Å². The molecule has 1 aromatic carbocycles. The fourth-order valence-corrected chi connectivity index (χ4v) is 1.71. The van der Waals surface area contributed by atoms with Crippen LogP contribution in [0, 0.1) is 0 Å². The predicted octanol–water partition coefficient (Wildman–Crippen LogP) is 3.34. The molecule has 0 fully saturated rings. The van der Waals surface area contributed by atoms with Gasteiger partial charge in [0.15, 0.2) is 5.96 Å². The monoisotopic (exact) mass is 405 g/mol. The average molecular weight is 405 g/mol. The van der Waals surface area contributed by atoms with Gasteiger partial charge >= 0.3 is 0 Å². The highest BCUT2D eigenvalue weighted by Gasteiger charge is 1.97. The van der Waals surface area contributed by atoms with Crippen molar-refractivity contribution in [3.63, 3.8) is 0 Å². The van der Waals surface area contributed by atoms with Crippen LogP contribution in [0.4, 0.5) is 0 Å². The van der Waals surface area contributed by atoms with Crippen LogP contribution in [0.3, 0.4) is 0 Å². The molecule has 120 valence electrons. The molecule has 0 aliphatic heterocycles. The molecule has 21 heavy (non-hydrogen) atoms. The normalized spacial score (nSPS) is 10.9. The summed E-state index contributed by atoms with van der Waals surface area (Å²) in [5.74, 6) is 1.48. The smallest absolute Gasteiger partial charge is 0.188 e. The van der Waals surface area contributed by atoms with Gasteiger partial charge in [0.05, 0.1) is 6.61 Å². The lowest BCUT2D eigenvalue weighted by Gasteiger charge is -2.08. The molecule has 0 spiro atoms. The number of nitrogens with two attached hydrogens (primary N) is 1. The van der Waals surface area contributed by atoms with E-state index in [0.717, 1.165) is 51.1 Å². The summed E-state index contributed by atoms with van der Waals surface area (Å²) in [5.41, 5.74) is 7.00. The molecule has 4 nitrogen and oxygen atoms in total. The molecule has 1 rings (SSSR count). The van der Waals surface area contributed by atoms with Crippen molar-refractivity contribution in [3.8, 4) is 5.75 Å². The first-order valence-corrected chi connectivity index (χ1v) is 7.51. The lowest BCUT2D eigenvalue weighted by Crippen LogP contribution is -2.33. The number of ether oxygens (including phenoxy) is 1. The third-order valence-corrected chi connectivity index (χ3v) is 2.92. The number of halogens is 1. The van der Waals surface area contributed by atoms with Crippen LogP contribution in [-0.2, 0) is 6.42 Å². The summed E-state index contributed by atoms with van der Waals surface area (Å²) in [4.78, 5) is 4.19. The molecule has 0 unspecified atom stereocenters. The lowest BCUT2D eigenvalue weighted by atomic mass is 10.1. The number of rotatable bonds is 9. The second-order valence-corrected chi connectivity index (χ2v) is 4.79. The van der Waals surface area contributed by atoms with Crippen molar-refractivity contribution < 1.29 is 4.74 Å². The van der Waals surface area contributed by atoms with Gasteiger partial charge in [-0.15, -0.1) is 24.0 Å². The van der Waals surface area contributed by atoms with Crippen LogP contribution < -0.4 is 15.8 Å². The maximum absolute atomic E-state index is 5.73. The van der Waals surface area contributed by atoms with Gasteiger partial charge < -0.3 is 15.8 Å². The fraction of sp³-hybridized carbons (Fsp3) is 0.562. The van der Waals surface area contributed by atoms with E-state index >= 15 is 0 Å². The molecule has 1 aromatic rings. The van der Waals surface area contributed by atoms with Crippen LogP contribution in [0.2, 0.25) is 0 Å². The second-order valence-electron chi connectivity index (χ2n) is 4.79. The Labute approximate surface area is 145 Å². The third-order valence-electron chi connectivity index (χ3n) is 2.92. The largest absolute Gasteiger partial charge is 0.494 e. The van der Waals surface area contributed by atoms with E-state index in [1.54, 1.807) is 0 Å². The van der Waals surface area contributed by atoms with Crippen LogP contribution >= 0.6 is 24.0 Å². The molecular formula is C16H28IN3O. The summed E-state index contributed by atoms with van der Waals surface area (Å²) in [7, 11) is 0. The Hall–Kier alpha value is -0.980. The van der Waals surface area contributed by atoms with Crippen LogP contribution in [0.5, 0.6) is 5.75 Å². The number of unbranched alkanes of at least 4 members (excludes halogenated alkanes) is 1. The topological polar surface area (TPSA) is 59.6 Å². The van der Waals surface area contributed by atoms with Crippen LogP contribution in [0.25, 0.3) is 0 Å². The maximum Gasteiger partial charge on any atom is 0.188 e. The van der Waals surface area contributed by atoms with Gasteiger partial charge in [-0.1, -0.05) is 32.4 Å². The molecule has 0 saturated carbocycles. The zero-order valence-corrected chi connectivity index (χ0v) is 15.4. The van der Waals surface area contributed by atoms with E-state index in [2.05, 4.69) is 36.3 Å². The second kappa shape index (κ2) is 12.7. The molecule has 0 heterocycles. The van der Waals surface area contributed by atoms with Crippen molar-refractivity contribution >= 4 is 29.9 Å². The first-order chi connectivity index (χ1) is 9.76. The van der Waals surface area contributed by atoms with Crippen LogP contribution in [-0.4, -0.2) is 25.7 Å². The predicted molar refractivity (Wildman–Crippen MR) is 101 cm³/mol. The quantitative estimate of drug-likeness (QED) is 0.287. The number of nitrogens with zero attached hydrogens (tertiary/aromatic N) is 1. The highest BCUT2D eigenvalue weighted by atomic mass is 127. The molecule has 5 heteroatoms. The molecule has 0 bridgehead atoms. The lowest BCUT2D eigenvalue weighted by molar-refractivity contribution is 0.309. The van der Waals surface area contributed by atoms with E-state index in [4.69, 9.17) is 10.5 Å². The zero-order chi connectivity index (χ0) is 14.6. The van der Waals surface area contributed by atoms with Crippen molar-refractivity contribution in [3.05, 3.63) is 29.8 Å². The number of aliphatic imine (C=N–C) groups is 1. The Bertz CT molecular complexity index is 393. The zero-order valence-electron chi connectivity index (χ0n) is 13.1. The highest BCUT2D eigenvalue weighted by Crippen LogP contribution is 2.12. The Morgan fingerprint density at radius 3 is 2.52 bits per heavy atom. The molecule has 3 N–H and O–H groups in total. The van der Waals surface area contributed by atoms with Gasteiger partial charge in [-0.3, -0.25) is 4.99 Å². The minimum Gasteiger partial charge on any atom is -0.494 e. The number of nitrogens with one attached hydrogen (secondary N) is 1. The first kappa shape index (κ1) is 20.0. The minimum atomic E-state index is 0. The van der Waals surface area contributed by atoms with Gasteiger partial charge in [-0.25, -0.2) is 0 Å². The van der Waals surface area contributed by atoms with Crippen molar-refractivity contribution in [2.45, 2.75) is 39.5 Å². The van der Waals surface area contributed by atoms with E-state index in [-0.39, 0.29) is 24.0 Å². The first-order valence-electron chi connectivity index (χ1n) is 7.51. The van der Waals surface area contributed by atoms with E-state index < -0.39 is 0 Å². The summed E-state index contributed by atoms with van der Waals surface area (Å²) in [5, 5.41) is 3.12. The molecule has 0 amide bonds. The molecule has 0 radical (unpaired) electrons. The Morgan fingerprint density at radius 2 is 1.90 bits per heavy atom. The van der Waals surface area contributed by atoms with E-state index in [1.165, 1.54) is 5.56 Å². The molecular weight excluding hydrogens is 377 g/mol. The number of hydrogen-bond donors (Lipinski definition) is 2. The summed E-state index contributed by atoms with van der Waals surface area (Å²) in [6.07, 6.45) is 4.20. The summed E-state index contributed by atoms with van der Waals surface area (Å²) >= 11 is 0. The summed E-state index contributed by atoms with van der Waals surface area (Å²) in [6, 6.07) is 8.25. The molecule has 0 aliphatic rings. The Kier molecular flexibility index (Phi) is 12.1. The molecule has 0 aromatic heterocycles. The third kappa shape index (κ3) is 9.55. The van der Waals surface area contributed by atoms with Crippen LogP contribution in [0.15, 0.2) is 29.3 Å². The van der Waals surface area contributed by atoms with Crippen molar-refractivity contribution in [2.24, 2.45) is 10.7 Å². The molecule has 0 atom stereocenters. The standard InChI is InChI=1S/C16H27N3O.HI/c1-3-5-13-20-15-8-6-14(7-9-15)10-12-19-16(17)18-11-4-2;/h6-9H,3-5,10-13H2,1-2H3,(H3,17,18,19);1H. The Morgan fingerprint density at radius 1 is 1.19 bits per heavy atom. The van der Waals surface area contributed by atoms with Gasteiger partial charge in [0, 0.05) is 13.1 Å². The van der Waals surface area contributed by atoms with E-state index in [9.17, 15) is 0 Å². The maximum atomic E-state index is 5.73. The highest BCUT2D eigenvalue weighted by molar-refractivity contribution is 14.0. The molecule has 0 aliphatic carbocycles. The van der Waals surface area contributed by atoms with Crippen LogP contribution in [0.1, 0.15) is 38.7 Å². The minimum absolute atomic E-state index is 0. The van der Waals surface area contributed by atoms with Gasteiger partial charge in [0.25, 0.3) is 0 Å². The van der Waals surface area contributed by atoms with E-state index in [0.29, 0.717) is 5.96 Å². The van der Waals surface area contributed by atoms with Gasteiger partial charge in [0.2, 0.25) is 0 Å². The fourth-order valence-electron chi connectivity index (χ4n) is 1.71. The molecule has 0 saturated heterocycles. The van der Waals surface area contributed by atoms with Crippen molar-refractivity contribution in [2.75, 3.05) is 19.7 Å². The SMILES string of the molecule is CCCCOc1ccc(CCNC(N)=NCCC)cc1.I. The number of benzene rings is 1.